The van der Waals surface area contributed by atoms with Crippen molar-refractivity contribution in [3.63, 3.8) is 0 Å². The maximum atomic E-state index is 11.0. The molecule has 0 unspecified atom stereocenters. The van der Waals surface area contributed by atoms with E-state index in [0.29, 0.717) is 6.04 Å². The average molecular weight is 291 g/mol. The molecule has 0 atom stereocenters. The summed E-state index contributed by atoms with van der Waals surface area (Å²) in [4.78, 5) is 10.6. The van der Waals surface area contributed by atoms with Crippen molar-refractivity contribution in [3.05, 3.63) is 28.3 Å². The predicted octanol–water partition coefficient (Wildman–Crippen LogP) is 4.41. The normalized spacial score (nSPS) is 21.8. The molecule has 2 rings (SSSR count). The van der Waals surface area contributed by atoms with Gasteiger partial charge in [-0.1, -0.05) is 19.8 Å². The number of nitro groups is 1. The Balaban J connectivity index is 2.00. The van der Waals surface area contributed by atoms with E-state index in [9.17, 15) is 10.1 Å². The molecule has 0 aliphatic heterocycles. The molecule has 116 valence electrons. The Bertz CT molecular complexity index is 482. The van der Waals surface area contributed by atoms with Crippen molar-refractivity contribution >= 4 is 17.1 Å². The van der Waals surface area contributed by atoms with Gasteiger partial charge in [-0.05, 0) is 37.7 Å². The van der Waals surface area contributed by atoms with Crippen LogP contribution in [0.2, 0.25) is 0 Å². The zero-order valence-corrected chi connectivity index (χ0v) is 12.9. The van der Waals surface area contributed by atoms with Crippen LogP contribution in [0.15, 0.2) is 18.2 Å². The van der Waals surface area contributed by atoms with Gasteiger partial charge in [0.25, 0.3) is 5.69 Å². The molecule has 1 aromatic carbocycles. The van der Waals surface area contributed by atoms with E-state index in [1.807, 2.05) is 6.07 Å². The second kappa shape index (κ2) is 7.29. The summed E-state index contributed by atoms with van der Waals surface area (Å²) >= 11 is 0. The Morgan fingerprint density at radius 3 is 2.43 bits per heavy atom. The molecule has 0 spiro atoms. The summed E-state index contributed by atoms with van der Waals surface area (Å²) in [6.07, 6.45) is 7.43. The first-order valence-corrected chi connectivity index (χ1v) is 7.86. The third-order valence-electron chi connectivity index (χ3n) is 4.33. The van der Waals surface area contributed by atoms with Gasteiger partial charge < -0.3 is 10.6 Å². The van der Waals surface area contributed by atoms with Crippen molar-refractivity contribution in [2.45, 2.75) is 51.5 Å². The fourth-order valence-corrected chi connectivity index (χ4v) is 3.18. The molecule has 1 saturated carbocycles. The first-order chi connectivity index (χ1) is 10.1. The minimum atomic E-state index is -0.343. The summed E-state index contributed by atoms with van der Waals surface area (Å²) in [6.45, 7) is 2.24. The van der Waals surface area contributed by atoms with Crippen molar-refractivity contribution in [2.75, 3.05) is 17.7 Å². The van der Waals surface area contributed by atoms with Gasteiger partial charge in [0.2, 0.25) is 0 Å². The van der Waals surface area contributed by atoms with Crippen LogP contribution in [0.25, 0.3) is 0 Å². The summed E-state index contributed by atoms with van der Waals surface area (Å²) in [5, 5.41) is 17.4. The van der Waals surface area contributed by atoms with Crippen LogP contribution in [0.4, 0.5) is 17.1 Å². The number of hydrogen-bond acceptors (Lipinski definition) is 4. The van der Waals surface area contributed by atoms with Gasteiger partial charge in [-0.25, -0.2) is 0 Å². The minimum Gasteiger partial charge on any atom is -0.388 e. The Hall–Kier alpha value is -1.78. The SMILES string of the molecule is CCCC1CCC(Nc2cc(NC)cc([N+](=O)[O-])c2)CC1. The largest absolute Gasteiger partial charge is 0.388 e. The van der Waals surface area contributed by atoms with Crippen LogP contribution < -0.4 is 10.6 Å². The van der Waals surface area contributed by atoms with E-state index in [2.05, 4.69) is 17.6 Å². The Morgan fingerprint density at radius 2 is 1.86 bits per heavy atom. The number of anilines is 2. The lowest BCUT2D eigenvalue weighted by atomic mass is 9.83. The van der Waals surface area contributed by atoms with Crippen LogP contribution in [0.3, 0.4) is 0 Å². The van der Waals surface area contributed by atoms with E-state index in [-0.39, 0.29) is 10.6 Å². The smallest absolute Gasteiger partial charge is 0.273 e. The van der Waals surface area contributed by atoms with Crippen LogP contribution in [-0.2, 0) is 0 Å². The van der Waals surface area contributed by atoms with Crippen molar-refractivity contribution in [1.29, 1.82) is 0 Å². The van der Waals surface area contributed by atoms with E-state index in [1.54, 1.807) is 19.2 Å². The molecule has 0 aromatic heterocycles. The van der Waals surface area contributed by atoms with Gasteiger partial charge in [-0.15, -0.1) is 0 Å². The quantitative estimate of drug-likeness (QED) is 0.602. The molecule has 1 aliphatic rings. The summed E-state index contributed by atoms with van der Waals surface area (Å²) in [6, 6.07) is 5.55. The molecule has 5 heteroatoms. The standard InChI is InChI=1S/C16H25N3O2/c1-3-4-12-5-7-13(8-6-12)18-15-9-14(17-2)10-16(11-15)19(20)21/h9-13,17-18H,3-8H2,1-2H3. The number of non-ortho nitro benzene ring substituents is 1. The van der Waals surface area contributed by atoms with Gasteiger partial charge in [0.05, 0.1) is 4.92 Å². The lowest BCUT2D eigenvalue weighted by Gasteiger charge is -2.29. The number of benzene rings is 1. The molecule has 0 heterocycles. The predicted molar refractivity (Wildman–Crippen MR) is 86.9 cm³/mol. The number of hydrogen-bond donors (Lipinski definition) is 2. The Morgan fingerprint density at radius 1 is 1.19 bits per heavy atom. The fourth-order valence-electron chi connectivity index (χ4n) is 3.18. The van der Waals surface area contributed by atoms with Gasteiger partial charge in [0.1, 0.15) is 0 Å². The molecule has 21 heavy (non-hydrogen) atoms. The van der Waals surface area contributed by atoms with Crippen molar-refractivity contribution in [2.24, 2.45) is 5.92 Å². The summed E-state index contributed by atoms with van der Waals surface area (Å²) < 4.78 is 0. The maximum Gasteiger partial charge on any atom is 0.273 e. The van der Waals surface area contributed by atoms with Crippen LogP contribution in [0, 0.1) is 16.0 Å². The van der Waals surface area contributed by atoms with E-state index in [0.717, 1.165) is 30.1 Å². The van der Waals surface area contributed by atoms with Crippen LogP contribution >= 0.6 is 0 Å². The van der Waals surface area contributed by atoms with Crippen LogP contribution in [-0.4, -0.2) is 18.0 Å². The minimum absolute atomic E-state index is 0.129. The van der Waals surface area contributed by atoms with Gasteiger partial charge in [0, 0.05) is 36.6 Å². The average Bonchev–Trinajstić information content (AvgIpc) is 2.49. The van der Waals surface area contributed by atoms with Crippen molar-refractivity contribution < 1.29 is 4.92 Å². The zero-order valence-electron chi connectivity index (χ0n) is 12.9. The summed E-state index contributed by atoms with van der Waals surface area (Å²) in [7, 11) is 1.78. The van der Waals surface area contributed by atoms with Gasteiger partial charge >= 0.3 is 0 Å². The van der Waals surface area contributed by atoms with Gasteiger partial charge in [-0.3, -0.25) is 10.1 Å². The van der Waals surface area contributed by atoms with Crippen molar-refractivity contribution in [3.8, 4) is 0 Å². The Labute approximate surface area is 126 Å². The fraction of sp³-hybridized carbons (Fsp3) is 0.625. The lowest BCUT2D eigenvalue weighted by molar-refractivity contribution is -0.384. The van der Waals surface area contributed by atoms with Gasteiger partial charge in [-0.2, -0.15) is 0 Å². The van der Waals surface area contributed by atoms with Crippen LogP contribution in [0.5, 0.6) is 0 Å². The van der Waals surface area contributed by atoms with Gasteiger partial charge in [0.15, 0.2) is 0 Å². The molecular formula is C16H25N3O2. The highest BCUT2D eigenvalue weighted by Gasteiger charge is 2.21. The second-order valence-electron chi connectivity index (χ2n) is 5.93. The number of nitrogens with one attached hydrogen (secondary N) is 2. The first-order valence-electron chi connectivity index (χ1n) is 7.86. The maximum absolute atomic E-state index is 11.0. The van der Waals surface area contributed by atoms with Crippen molar-refractivity contribution in [1.82, 2.24) is 0 Å². The highest BCUT2D eigenvalue weighted by Crippen LogP contribution is 2.31. The second-order valence-corrected chi connectivity index (χ2v) is 5.93. The lowest BCUT2D eigenvalue weighted by Crippen LogP contribution is -2.26. The first kappa shape index (κ1) is 15.6. The molecule has 5 nitrogen and oxygen atoms in total. The van der Waals surface area contributed by atoms with Crippen LogP contribution in [0.1, 0.15) is 45.4 Å². The van der Waals surface area contributed by atoms with E-state index in [1.165, 1.54) is 25.7 Å². The monoisotopic (exact) mass is 291 g/mol. The molecule has 1 aromatic rings. The molecule has 1 aliphatic carbocycles. The molecule has 0 bridgehead atoms. The summed E-state index contributed by atoms with van der Waals surface area (Å²) in [5.41, 5.74) is 1.74. The summed E-state index contributed by atoms with van der Waals surface area (Å²) in [5.74, 6) is 0.867. The zero-order chi connectivity index (χ0) is 15.2. The highest BCUT2D eigenvalue weighted by molar-refractivity contribution is 5.63. The third kappa shape index (κ3) is 4.34. The molecular weight excluding hydrogens is 266 g/mol. The van der Waals surface area contributed by atoms with E-state index >= 15 is 0 Å². The number of nitrogens with zero attached hydrogens (tertiary/aromatic N) is 1. The molecule has 2 N–H and O–H groups in total. The number of rotatable bonds is 6. The Kier molecular flexibility index (Phi) is 5.42. The van der Waals surface area contributed by atoms with E-state index in [4.69, 9.17) is 0 Å². The highest BCUT2D eigenvalue weighted by atomic mass is 16.6. The molecule has 0 saturated heterocycles. The van der Waals surface area contributed by atoms with E-state index < -0.39 is 0 Å². The molecule has 1 fully saturated rings. The number of nitro benzene ring substituents is 1. The third-order valence-corrected chi connectivity index (χ3v) is 4.33. The molecule has 0 amide bonds. The molecule has 0 radical (unpaired) electrons. The topological polar surface area (TPSA) is 67.2 Å².